The van der Waals surface area contributed by atoms with Gasteiger partial charge in [0.2, 0.25) is 0 Å². The van der Waals surface area contributed by atoms with E-state index in [1.165, 1.54) is 0 Å². The van der Waals surface area contributed by atoms with Crippen LogP contribution in [0.3, 0.4) is 0 Å². The van der Waals surface area contributed by atoms with Crippen LogP contribution in [0.4, 0.5) is 0 Å². The first kappa shape index (κ1) is 12.5. The average molecular weight is 316 g/mol. The van der Waals surface area contributed by atoms with Gasteiger partial charge in [-0.3, -0.25) is 9.67 Å². The lowest BCUT2D eigenvalue weighted by atomic mass is 10.1. The maximum absolute atomic E-state index is 6.20. The van der Waals surface area contributed by atoms with Gasteiger partial charge < -0.3 is 5.73 Å². The summed E-state index contributed by atoms with van der Waals surface area (Å²) in [5.41, 5.74) is 7.74. The van der Waals surface area contributed by atoms with E-state index < -0.39 is 0 Å². The summed E-state index contributed by atoms with van der Waals surface area (Å²) in [7, 11) is 0. The number of pyridine rings is 1. The monoisotopic (exact) mass is 314 g/mol. The van der Waals surface area contributed by atoms with Crippen molar-refractivity contribution in [3.63, 3.8) is 0 Å². The highest BCUT2D eigenvalue weighted by Gasteiger charge is 2.20. The Labute approximate surface area is 113 Å². The number of halogens is 2. The van der Waals surface area contributed by atoms with Gasteiger partial charge >= 0.3 is 0 Å². The van der Waals surface area contributed by atoms with Crippen LogP contribution in [0.5, 0.6) is 0 Å². The van der Waals surface area contributed by atoms with Crippen molar-refractivity contribution >= 4 is 27.5 Å². The Bertz CT molecular complexity index is 526. The summed E-state index contributed by atoms with van der Waals surface area (Å²) in [5, 5.41) is 4.74. The van der Waals surface area contributed by atoms with Crippen molar-refractivity contribution in [2.24, 2.45) is 5.73 Å². The van der Waals surface area contributed by atoms with E-state index in [2.05, 4.69) is 26.0 Å². The molecule has 0 saturated carbocycles. The molecule has 0 fully saturated rings. The van der Waals surface area contributed by atoms with Gasteiger partial charge in [-0.2, -0.15) is 5.10 Å². The number of aryl methyl sites for hydroxylation is 1. The van der Waals surface area contributed by atoms with Gasteiger partial charge in [-0.05, 0) is 35.0 Å². The summed E-state index contributed by atoms with van der Waals surface area (Å²) in [6.45, 7) is 2.72. The molecular formula is C11H12BrClN4. The SMILES string of the molecule is CCn1ncc(Cl)c1C(N)c1ncccc1Br. The summed E-state index contributed by atoms with van der Waals surface area (Å²) >= 11 is 9.55. The fourth-order valence-corrected chi connectivity index (χ4v) is 2.45. The summed E-state index contributed by atoms with van der Waals surface area (Å²) in [6, 6.07) is 3.36. The summed E-state index contributed by atoms with van der Waals surface area (Å²) in [6.07, 6.45) is 3.32. The Kier molecular flexibility index (Phi) is 3.81. The predicted molar refractivity (Wildman–Crippen MR) is 70.9 cm³/mol. The van der Waals surface area contributed by atoms with Crippen LogP contribution in [0.25, 0.3) is 0 Å². The zero-order chi connectivity index (χ0) is 12.4. The van der Waals surface area contributed by atoms with Crippen molar-refractivity contribution in [3.8, 4) is 0 Å². The van der Waals surface area contributed by atoms with Crippen molar-refractivity contribution < 1.29 is 0 Å². The molecule has 2 rings (SSSR count). The number of hydrogen-bond donors (Lipinski definition) is 1. The van der Waals surface area contributed by atoms with Crippen molar-refractivity contribution in [3.05, 3.63) is 45.4 Å². The Morgan fingerprint density at radius 1 is 1.59 bits per heavy atom. The van der Waals surface area contributed by atoms with Gasteiger partial charge in [0.05, 0.1) is 28.6 Å². The maximum atomic E-state index is 6.20. The van der Waals surface area contributed by atoms with Crippen LogP contribution in [-0.4, -0.2) is 14.8 Å². The molecule has 0 aliphatic rings. The maximum Gasteiger partial charge on any atom is 0.0923 e. The minimum atomic E-state index is -0.388. The van der Waals surface area contributed by atoms with Crippen molar-refractivity contribution in [1.29, 1.82) is 0 Å². The van der Waals surface area contributed by atoms with Gasteiger partial charge in [0.15, 0.2) is 0 Å². The first-order valence-corrected chi connectivity index (χ1v) is 6.39. The van der Waals surface area contributed by atoms with E-state index in [0.717, 1.165) is 22.4 Å². The number of aromatic nitrogens is 3. The third-order valence-corrected chi connectivity index (χ3v) is 3.47. The molecule has 0 saturated heterocycles. The van der Waals surface area contributed by atoms with Crippen LogP contribution in [0.1, 0.15) is 24.4 Å². The standard InChI is InChI=1S/C11H12BrClN4/c1-2-17-11(8(13)6-16-17)9(14)10-7(12)4-3-5-15-10/h3-6,9H,2,14H2,1H3. The first-order valence-electron chi connectivity index (χ1n) is 5.22. The molecule has 0 amide bonds. The second-order valence-electron chi connectivity index (χ2n) is 3.54. The number of nitrogens with zero attached hydrogens (tertiary/aromatic N) is 3. The number of hydrogen-bond acceptors (Lipinski definition) is 3. The molecule has 0 spiro atoms. The molecule has 0 bridgehead atoms. The van der Waals surface area contributed by atoms with Crippen molar-refractivity contribution in [1.82, 2.24) is 14.8 Å². The van der Waals surface area contributed by atoms with Gasteiger partial charge in [0, 0.05) is 17.2 Å². The molecule has 0 aliphatic heterocycles. The van der Waals surface area contributed by atoms with Gasteiger partial charge in [-0.15, -0.1) is 0 Å². The van der Waals surface area contributed by atoms with E-state index >= 15 is 0 Å². The molecule has 6 heteroatoms. The molecular weight excluding hydrogens is 304 g/mol. The minimum absolute atomic E-state index is 0.388. The van der Waals surface area contributed by atoms with Crippen LogP contribution in [0, 0.1) is 0 Å². The Morgan fingerprint density at radius 3 is 3.00 bits per heavy atom. The van der Waals surface area contributed by atoms with Crippen LogP contribution in [-0.2, 0) is 6.54 Å². The lowest BCUT2D eigenvalue weighted by Crippen LogP contribution is -2.19. The second kappa shape index (κ2) is 5.16. The van der Waals surface area contributed by atoms with Crippen LogP contribution < -0.4 is 5.73 Å². The van der Waals surface area contributed by atoms with Gasteiger partial charge in [-0.1, -0.05) is 11.6 Å². The van der Waals surface area contributed by atoms with E-state index in [1.807, 2.05) is 19.1 Å². The van der Waals surface area contributed by atoms with Gasteiger partial charge in [-0.25, -0.2) is 0 Å². The number of nitrogens with two attached hydrogens (primary N) is 1. The van der Waals surface area contributed by atoms with E-state index in [0.29, 0.717) is 5.02 Å². The summed E-state index contributed by atoms with van der Waals surface area (Å²) in [4.78, 5) is 4.28. The number of rotatable bonds is 3. The van der Waals surface area contributed by atoms with Crippen LogP contribution >= 0.6 is 27.5 Å². The molecule has 2 N–H and O–H groups in total. The highest BCUT2D eigenvalue weighted by molar-refractivity contribution is 9.10. The third kappa shape index (κ3) is 2.36. The minimum Gasteiger partial charge on any atom is -0.318 e. The fraction of sp³-hybridized carbons (Fsp3) is 0.273. The summed E-state index contributed by atoms with van der Waals surface area (Å²) < 4.78 is 2.65. The van der Waals surface area contributed by atoms with E-state index in [1.54, 1.807) is 17.1 Å². The Hall–Kier alpha value is -0.910. The average Bonchev–Trinajstić information content (AvgIpc) is 2.70. The van der Waals surface area contributed by atoms with E-state index in [4.69, 9.17) is 17.3 Å². The molecule has 1 atom stereocenters. The van der Waals surface area contributed by atoms with E-state index in [9.17, 15) is 0 Å². The molecule has 0 aromatic carbocycles. The van der Waals surface area contributed by atoms with E-state index in [-0.39, 0.29) is 6.04 Å². The first-order chi connectivity index (χ1) is 8.15. The van der Waals surface area contributed by atoms with Crippen LogP contribution in [0.2, 0.25) is 5.02 Å². The highest BCUT2D eigenvalue weighted by Crippen LogP contribution is 2.29. The molecule has 2 heterocycles. The largest absolute Gasteiger partial charge is 0.318 e. The highest BCUT2D eigenvalue weighted by atomic mass is 79.9. The zero-order valence-corrected chi connectivity index (χ0v) is 11.6. The molecule has 0 aliphatic carbocycles. The van der Waals surface area contributed by atoms with Gasteiger partial charge in [0.25, 0.3) is 0 Å². The molecule has 0 radical (unpaired) electrons. The molecule has 2 aromatic heterocycles. The quantitative estimate of drug-likeness (QED) is 0.947. The normalized spacial score (nSPS) is 12.7. The second-order valence-corrected chi connectivity index (χ2v) is 4.80. The van der Waals surface area contributed by atoms with Crippen molar-refractivity contribution in [2.45, 2.75) is 19.5 Å². The topological polar surface area (TPSA) is 56.7 Å². The smallest absolute Gasteiger partial charge is 0.0923 e. The molecule has 1 unspecified atom stereocenters. The predicted octanol–water partition coefficient (Wildman–Crippen LogP) is 2.76. The van der Waals surface area contributed by atoms with Crippen LogP contribution in [0.15, 0.2) is 29.0 Å². The zero-order valence-electron chi connectivity index (χ0n) is 9.27. The Morgan fingerprint density at radius 2 is 2.35 bits per heavy atom. The van der Waals surface area contributed by atoms with Crippen molar-refractivity contribution in [2.75, 3.05) is 0 Å². The summed E-state index contributed by atoms with van der Waals surface area (Å²) in [5.74, 6) is 0. The Balaban J connectivity index is 2.47. The third-order valence-electron chi connectivity index (χ3n) is 2.51. The fourth-order valence-electron chi connectivity index (χ4n) is 1.69. The molecule has 90 valence electrons. The molecule has 2 aromatic rings. The lowest BCUT2D eigenvalue weighted by molar-refractivity contribution is 0.595. The molecule has 4 nitrogen and oxygen atoms in total. The lowest BCUT2D eigenvalue weighted by Gasteiger charge is -2.14. The van der Waals surface area contributed by atoms with Gasteiger partial charge in [0.1, 0.15) is 0 Å². The molecule has 17 heavy (non-hydrogen) atoms.